The first-order chi connectivity index (χ1) is 7.38. The molecular weight excluding hydrogens is 260 g/mol. The van der Waals surface area contributed by atoms with E-state index in [0.29, 0.717) is 0 Å². The number of non-ortho nitro benzene ring substituents is 1. The number of isocyanates is 1. The van der Waals surface area contributed by atoms with E-state index >= 15 is 0 Å². The number of nitro benzene ring substituents is 1. The Hall–Kier alpha value is -1.76. The van der Waals surface area contributed by atoms with Crippen LogP contribution in [0.15, 0.2) is 27.5 Å². The van der Waals surface area contributed by atoms with Crippen molar-refractivity contribution >= 4 is 33.4 Å². The molecule has 84 valence electrons. The highest BCUT2D eigenvalue weighted by molar-refractivity contribution is 7.90. The molecule has 0 radical (unpaired) electrons. The fraction of sp³-hybridized carbons (Fsp3) is 0. The van der Waals surface area contributed by atoms with Crippen molar-refractivity contribution in [3.63, 3.8) is 0 Å². The first-order valence-electron chi connectivity index (χ1n) is 3.66. The van der Waals surface area contributed by atoms with Crippen molar-refractivity contribution < 1.29 is 18.1 Å². The molecule has 1 aromatic rings. The fourth-order valence-electron chi connectivity index (χ4n) is 0.902. The molecule has 0 amide bonds. The molecular formula is C7H3ClN2O5S. The van der Waals surface area contributed by atoms with E-state index in [1.807, 2.05) is 0 Å². The third-order valence-electron chi connectivity index (χ3n) is 1.56. The highest BCUT2D eigenvalue weighted by Gasteiger charge is 2.20. The second-order valence-corrected chi connectivity index (χ2v) is 4.51. The number of rotatable bonds is 3. The van der Waals surface area contributed by atoms with Crippen LogP contribution in [-0.2, 0) is 14.8 Å². The number of sulfonamides is 1. The van der Waals surface area contributed by atoms with Crippen molar-refractivity contribution in [2.75, 3.05) is 0 Å². The fourth-order valence-corrected chi connectivity index (χ4v) is 2.09. The molecule has 1 aromatic carbocycles. The van der Waals surface area contributed by atoms with Gasteiger partial charge in [-0.1, -0.05) is 16.0 Å². The normalized spacial score (nSPS) is 10.6. The Kier molecular flexibility index (Phi) is 3.38. The van der Waals surface area contributed by atoms with Crippen molar-refractivity contribution in [1.82, 2.24) is 0 Å². The summed E-state index contributed by atoms with van der Waals surface area (Å²) in [6, 6.07) is 2.79. The predicted molar refractivity (Wildman–Crippen MR) is 53.4 cm³/mol. The van der Waals surface area contributed by atoms with Crippen LogP contribution in [0.3, 0.4) is 0 Å². The largest absolute Gasteiger partial charge is 0.294 e. The first-order valence-corrected chi connectivity index (χ1v) is 5.48. The summed E-state index contributed by atoms with van der Waals surface area (Å²) in [6.07, 6.45) is 0.841. The van der Waals surface area contributed by atoms with Crippen molar-refractivity contribution in [1.29, 1.82) is 0 Å². The van der Waals surface area contributed by atoms with E-state index in [9.17, 15) is 23.3 Å². The minimum Gasteiger partial charge on any atom is -0.258 e. The van der Waals surface area contributed by atoms with Crippen LogP contribution >= 0.6 is 11.6 Å². The maximum absolute atomic E-state index is 11.3. The number of halogens is 1. The third kappa shape index (κ3) is 2.43. The van der Waals surface area contributed by atoms with Crippen LogP contribution in [0.1, 0.15) is 0 Å². The van der Waals surface area contributed by atoms with E-state index in [1.165, 1.54) is 0 Å². The number of benzene rings is 1. The van der Waals surface area contributed by atoms with E-state index in [4.69, 9.17) is 11.6 Å². The summed E-state index contributed by atoms with van der Waals surface area (Å²) < 4.78 is 25.1. The number of hydrogen-bond donors (Lipinski definition) is 0. The van der Waals surface area contributed by atoms with Gasteiger partial charge in [0.2, 0.25) is 0 Å². The molecule has 0 aliphatic rings. The molecule has 0 fully saturated rings. The Morgan fingerprint density at radius 1 is 1.44 bits per heavy atom. The summed E-state index contributed by atoms with van der Waals surface area (Å²) in [7, 11) is -4.33. The molecule has 1 rings (SSSR count). The van der Waals surface area contributed by atoms with E-state index in [-0.39, 0.29) is 5.02 Å². The average Bonchev–Trinajstić information content (AvgIpc) is 2.17. The van der Waals surface area contributed by atoms with Gasteiger partial charge < -0.3 is 0 Å². The molecule has 0 spiro atoms. The second-order valence-electron chi connectivity index (χ2n) is 2.53. The molecule has 0 saturated carbocycles. The number of nitrogens with zero attached hydrogens (tertiary/aromatic N) is 2. The van der Waals surface area contributed by atoms with Crippen molar-refractivity contribution in [2.24, 2.45) is 4.40 Å². The van der Waals surface area contributed by atoms with Crippen LogP contribution < -0.4 is 0 Å². The molecule has 0 aromatic heterocycles. The lowest BCUT2D eigenvalue weighted by atomic mass is 10.3. The van der Waals surface area contributed by atoms with Gasteiger partial charge in [-0.25, -0.2) is 4.79 Å². The summed E-state index contributed by atoms with van der Waals surface area (Å²) in [5, 5.41) is 10.1. The zero-order chi connectivity index (χ0) is 12.3. The van der Waals surface area contributed by atoms with E-state index in [2.05, 4.69) is 4.40 Å². The summed E-state index contributed by atoms with van der Waals surface area (Å²) in [5.41, 5.74) is -0.468. The molecule has 0 atom stereocenters. The van der Waals surface area contributed by atoms with E-state index in [1.54, 1.807) is 0 Å². The standard InChI is InChI=1S/C7H3ClN2O5S/c8-6-2-1-5(10(12)13)3-7(6)16(14,15)9-4-11/h1-3H. The molecule has 0 heterocycles. The Morgan fingerprint density at radius 3 is 2.56 bits per heavy atom. The molecule has 7 nitrogen and oxygen atoms in total. The van der Waals surface area contributed by atoms with Crippen molar-refractivity contribution in [3.8, 4) is 0 Å². The topological polar surface area (TPSA) is 107 Å². The number of hydrogen-bond acceptors (Lipinski definition) is 5. The van der Waals surface area contributed by atoms with Crippen LogP contribution in [0.25, 0.3) is 0 Å². The predicted octanol–water partition coefficient (Wildman–Crippen LogP) is 1.27. The molecule has 0 unspecified atom stereocenters. The van der Waals surface area contributed by atoms with Gasteiger partial charge in [-0.15, -0.1) is 0 Å². The van der Waals surface area contributed by atoms with Crippen LogP contribution in [0.2, 0.25) is 5.02 Å². The van der Waals surface area contributed by atoms with E-state index in [0.717, 1.165) is 24.3 Å². The van der Waals surface area contributed by atoms with Gasteiger partial charge in [0, 0.05) is 12.1 Å². The van der Waals surface area contributed by atoms with Gasteiger partial charge in [0.1, 0.15) is 4.90 Å². The summed E-state index contributed by atoms with van der Waals surface area (Å²) >= 11 is 5.53. The van der Waals surface area contributed by atoms with Crippen LogP contribution in [-0.4, -0.2) is 19.4 Å². The molecule has 0 saturated heterocycles. The molecule has 16 heavy (non-hydrogen) atoms. The Morgan fingerprint density at radius 2 is 2.06 bits per heavy atom. The summed E-state index contributed by atoms with van der Waals surface area (Å²) in [5.74, 6) is 0. The van der Waals surface area contributed by atoms with Gasteiger partial charge in [0.15, 0.2) is 0 Å². The lowest BCUT2D eigenvalue weighted by Crippen LogP contribution is -1.99. The zero-order valence-corrected chi connectivity index (χ0v) is 9.03. The van der Waals surface area contributed by atoms with Crippen LogP contribution in [0.5, 0.6) is 0 Å². The van der Waals surface area contributed by atoms with Gasteiger partial charge in [-0.05, 0) is 6.07 Å². The molecule has 0 aliphatic heterocycles. The van der Waals surface area contributed by atoms with Gasteiger partial charge in [-0.2, -0.15) is 8.42 Å². The second kappa shape index (κ2) is 4.40. The minimum absolute atomic E-state index is 0.260. The first kappa shape index (κ1) is 12.3. The summed E-state index contributed by atoms with van der Waals surface area (Å²) in [4.78, 5) is 18.9. The maximum Gasteiger partial charge on any atom is 0.294 e. The van der Waals surface area contributed by atoms with Crippen LogP contribution in [0, 0.1) is 10.1 Å². The molecule has 0 aliphatic carbocycles. The van der Waals surface area contributed by atoms with Gasteiger partial charge in [0.05, 0.1) is 9.95 Å². The lowest BCUT2D eigenvalue weighted by molar-refractivity contribution is -0.385. The quantitative estimate of drug-likeness (QED) is 0.353. The van der Waals surface area contributed by atoms with Gasteiger partial charge in [0.25, 0.3) is 21.8 Å². The van der Waals surface area contributed by atoms with Crippen molar-refractivity contribution in [2.45, 2.75) is 4.90 Å². The molecule has 0 N–H and O–H groups in total. The van der Waals surface area contributed by atoms with E-state index < -0.39 is 25.5 Å². The highest BCUT2D eigenvalue weighted by Crippen LogP contribution is 2.27. The monoisotopic (exact) mass is 262 g/mol. The number of nitro groups is 1. The minimum atomic E-state index is -4.33. The third-order valence-corrected chi connectivity index (χ3v) is 3.21. The average molecular weight is 263 g/mol. The highest BCUT2D eigenvalue weighted by atomic mass is 35.5. The maximum atomic E-state index is 11.3. The summed E-state index contributed by atoms with van der Waals surface area (Å²) in [6.45, 7) is 0. The molecule has 0 bridgehead atoms. The molecule has 9 heteroatoms. The smallest absolute Gasteiger partial charge is 0.258 e. The van der Waals surface area contributed by atoms with Gasteiger partial charge >= 0.3 is 0 Å². The Bertz CT molecular complexity index is 591. The van der Waals surface area contributed by atoms with Crippen LogP contribution in [0.4, 0.5) is 5.69 Å². The SMILES string of the molecule is O=C=NS(=O)(=O)c1cc([N+](=O)[O-])ccc1Cl. The van der Waals surface area contributed by atoms with Gasteiger partial charge in [-0.3, -0.25) is 10.1 Å². The Balaban J connectivity index is 3.50. The lowest BCUT2D eigenvalue weighted by Gasteiger charge is -1.99. The Labute approximate surface area is 94.6 Å². The zero-order valence-electron chi connectivity index (χ0n) is 7.45. The van der Waals surface area contributed by atoms with Crippen molar-refractivity contribution in [3.05, 3.63) is 33.3 Å². The number of carbonyl (C=O) groups excluding carboxylic acids is 1.